The molecular weight excluding hydrogens is 274 g/mol. The first-order valence-electron chi connectivity index (χ1n) is 5.03. The van der Waals surface area contributed by atoms with Crippen LogP contribution in [0.4, 0.5) is 17.6 Å². The summed E-state index contributed by atoms with van der Waals surface area (Å²) >= 11 is 1.38. The molecule has 1 atom stereocenters. The van der Waals surface area contributed by atoms with E-state index < -0.39 is 25.0 Å². The minimum Gasteiger partial charge on any atom is -0.373 e. The molecule has 0 aliphatic heterocycles. The molecule has 0 aromatic carbocycles. The summed E-state index contributed by atoms with van der Waals surface area (Å²) in [6, 6.07) is -0.432. The number of nitrogens with zero attached hydrogens (tertiary/aromatic N) is 1. The number of nitrogens with one attached hydrogen (secondary N) is 1. The van der Waals surface area contributed by atoms with Gasteiger partial charge < -0.3 is 4.74 Å². The Morgan fingerprint density at radius 1 is 1.50 bits per heavy atom. The summed E-state index contributed by atoms with van der Waals surface area (Å²) in [5.41, 5.74) is 4.00. The van der Waals surface area contributed by atoms with E-state index >= 15 is 0 Å². The van der Waals surface area contributed by atoms with Crippen molar-refractivity contribution in [1.82, 2.24) is 10.4 Å². The van der Waals surface area contributed by atoms with Gasteiger partial charge in [0, 0.05) is 23.5 Å². The van der Waals surface area contributed by atoms with Crippen LogP contribution in [0.15, 0.2) is 11.7 Å². The predicted molar refractivity (Wildman–Crippen MR) is 58.7 cm³/mol. The lowest BCUT2D eigenvalue weighted by Gasteiger charge is -2.18. The van der Waals surface area contributed by atoms with Gasteiger partial charge in [0.15, 0.2) is 0 Å². The molecule has 0 amide bonds. The van der Waals surface area contributed by atoms with Crippen molar-refractivity contribution in [2.45, 2.75) is 24.8 Å². The number of aromatic nitrogens is 1. The van der Waals surface area contributed by atoms with E-state index in [1.807, 2.05) is 0 Å². The maximum absolute atomic E-state index is 12.5. The van der Waals surface area contributed by atoms with E-state index in [4.69, 9.17) is 5.84 Å². The van der Waals surface area contributed by atoms with E-state index in [2.05, 4.69) is 15.1 Å². The molecule has 0 spiro atoms. The van der Waals surface area contributed by atoms with Crippen LogP contribution in [0.2, 0.25) is 0 Å². The number of rotatable bonds is 8. The Kier molecular flexibility index (Phi) is 5.93. The largest absolute Gasteiger partial charge is 0.373 e. The zero-order chi connectivity index (χ0) is 13.6. The molecule has 0 saturated carbocycles. The van der Waals surface area contributed by atoms with Crippen LogP contribution in [0, 0.1) is 0 Å². The Labute approximate surface area is 105 Å². The summed E-state index contributed by atoms with van der Waals surface area (Å²) in [6.07, 6.45) is -1.69. The Balaban J connectivity index is 2.32. The number of hydrazine groups is 1. The molecular formula is C9H13F4N3OS. The quantitative estimate of drug-likeness (QED) is 0.431. The molecule has 1 unspecified atom stereocenters. The smallest absolute Gasteiger partial charge is 0.330 e. The van der Waals surface area contributed by atoms with Gasteiger partial charge in [-0.25, -0.2) is 8.78 Å². The topological polar surface area (TPSA) is 60.2 Å². The van der Waals surface area contributed by atoms with Gasteiger partial charge in [0.05, 0.1) is 12.1 Å². The van der Waals surface area contributed by atoms with E-state index in [-0.39, 0.29) is 6.61 Å². The van der Waals surface area contributed by atoms with Gasteiger partial charge in [0.1, 0.15) is 6.61 Å². The second-order valence-electron chi connectivity index (χ2n) is 3.61. The van der Waals surface area contributed by atoms with Crippen LogP contribution in [-0.4, -0.2) is 36.6 Å². The molecule has 1 aromatic heterocycles. The Bertz CT molecular complexity index is 337. The van der Waals surface area contributed by atoms with Crippen molar-refractivity contribution in [2.24, 2.45) is 5.84 Å². The highest BCUT2D eigenvalue weighted by Crippen LogP contribution is 2.22. The van der Waals surface area contributed by atoms with Crippen molar-refractivity contribution in [3.63, 3.8) is 0 Å². The number of thiazole rings is 1. The first-order valence-corrected chi connectivity index (χ1v) is 5.91. The Morgan fingerprint density at radius 2 is 2.22 bits per heavy atom. The zero-order valence-electron chi connectivity index (χ0n) is 9.28. The fourth-order valence-corrected chi connectivity index (χ4v) is 1.83. The molecule has 3 N–H and O–H groups in total. The summed E-state index contributed by atoms with van der Waals surface area (Å²) in [7, 11) is 0. The van der Waals surface area contributed by atoms with E-state index in [0.29, 0.717) is 6.42 Å². The molecule has 0 aliphatic rings. The Morgan fingerprint density at radius 3 is 2.72 bits per heavy atom. The van der Waals surface area contributed by atoms with Gasteiger partial charge >= 0.3 is 12.3 Å². The molecule has 0 saturated heterocycles. The third-order valence-corrected chi connectivity index (χ3v) is 2.90. The summed E-state index contributed by atoms with van der Waals surface area (Å²) in [5.74, 6) is 1.08. The SMILES string of the molecule is NNC(COCC(F)(F)C(F)F)Cc1cncs1. The molecule has 0 radical (unpaired) electrons. The number of alkyl halides is 4. The fraction of sp³-hybridized carbons (Fsp3) is 0.667. The lowest BCUT2D eigenvalue weighted by atomic mass is 10.2. The molecule has 1 heterocycles. The molecule has 1 rings (SSSR count). The van der Waals surface area contributed by atoms with Crippen LogP contribution < -0.4 is 11.3 Å². The summed E-state index contributed by atoms with van der Waals surface area (Å²) in [4.78, 5) is 4.73. The van der Waals surface area contributed by atoms with Crippen LogP contribution >= 0.6 is 11.3 Å². The Hall–Kier alpha value is -0.770. The number of hydrogen-bond donors (Lipinski definition) is 2. The number of hydrogen-bond acceptors (Lipinski definition) is 5. The van der Waals surface area contributed by atoms with Crippen LogP contribution in [0.5, 0.6) is 0 Å². The first-order chi connectivity index (χ1) is 8.45. The molecule has 1 aromatic rings. The van der Waals surface area contributed by atoms with Crippen molar-refractivity contribution >= 4 is 11.3 Å². The molecule has 0 aliphatic carbocycles. The van der Waals surface area contributed by atoms with Gasteiger partial charge in [-0.05, 0) is 0 Å². The van der Waals surface area contributed by atoms with E-state index in [9.17, 15) is 17.6 Å². The molecule has 104 valence electrons. The van der Waals surface area contributed by atoms with Gasteiger partial charge in [0.25, 0.3) is 0 Å². The molecule has 9 heteroatoms. The third kappa shape index (κ3) is 4.84. The van der Waals surface area contributed by atoms with Crippen LogP contribution in [0.25, 0.3) is 0 Å². The maximum atomic E-state index is 12.5. The second kappa shape index (κ2) is 6.98. The number of nitrogens with two attached hydrogens (primary N) is 1. The summed E-state index contributed by atoms with van der Waals surface area (Å²) in [5, 5.41) is 0. The van der Waals surface area contributed by atoms with Gasteiger partial charge in [-0.2, -0.15) is 8.78 Å². The minimum atomic E-state index is -4.14. The highest BCUT2D eigenvalue weighted by atomic mass is 32.1. The van der Waals surface area contributed by atoms with Crippen LogP contribution in [0.1, 0.15) is 4.88 Å². The predicted octanol–water partition coefficient (Wildman–Crippen LogP) is 1.43. The van der Waals surface area contributed by atoms with E-state index in [1.54, 1.807) is 11.7 Å². The van der Waals surface area contributed by atoms with Crippen molar-refractivity contribution in [1.29, 1.82) is 0 Å². The lowest BCUT2D eigenvalue weighted by molar-refractivity contribution is -0.167. The molecule has 0 bridgehead atoms. The average Bonchev–Trinajstić information content (AvgIpc) is 2.80. The summed E-state index contributed by atoms with van der Waals surface area (Å²) < 4.78 is 53.4. The van der Waals surface area contributed by atoms with Crippen molar-refractivity contribution in [3.8, 4) is 0 Å². The van der Waals surface area contributed by atoms with Crippen LogP contribution in [0.3, 0.4) is 0 Å². The average molecular weight is 287 g/mol. The van der Waals surface area contributed by atoms with Crippen molar-refractivity contribution in [2.75, 3.05) is 13.2 Å². The third-order valence-electron chi connectivity index (χ3n) is 2.10. The fourth-order valence-electron chi connectivity index (χ4n) is 1.15. The van der Waals surface area contributed by atoms with Gasteiger partial charge in [0.2, 0.25) is 0 Å². The zero-order valence-corrected chi connectivity index (χ0v) is 10.1. The highest BCUT2D eigenvalue weighted by molar-refractivity contribution is 7.09. The maximum Gasteiger partial charge on any atom is 0.330 e. The standard InChI is InChI=1S/C9H13F4N3OS/c10-8(11)9(12,13)4-17-3-6(16-14)1-7-2-15-5-18-7/h2,5-6,8,16H,1,3-4,14H2. The lowest BCUT2D eigenvalue weighted by Crippen LogP contribution is -2.42. The normalized spacial score (nSPS) is 14.1. The molecule has 0 fully saturated rings. The first kappa shape index (κ1) is 15.3. The second-order valence-corrected chi connectivity index (χ2v) is 4.58. The highest BCUT2D eigenvalue weighted by Gasteiger charge is 2.41. The van der Waals surface area contributed by atoms with E-state index in [1.165, 1.54) is 11.3 Å². The van der Waals surface area contributed by atoms with Gasteiger partial charge in [-0.1, -0.05) is 0 Å². The van der Waals surface area contributed by atoms with Gasteiger partial charge in [-0.15, -0.1) is 11.3 Å². The number of halogens is 4. The van der Waals surface area contributed by atoms with Gasteiger partial charge in [-0.3, -0.25) is 16.3 Å². The molecule has 18 heavy (non-hydrogen) atoms. The van der Waals surface area contributed by atoms with Crippen molar-refractivity contribution < 1.29 is 22.3 Å². The van der Waals surface area contributed by atoms with Crippen molar-refractivity contribution in [3.05, 3.63) is 16.6 Å². The minimum absolute atomic E-state index is 0.184. The summed E-state index contributed by atoms with van der Waals surface area (Å²) in [6.45, 7) is -1.51. The number of ether oxygens (including phenoxy) is 1. The monoisotopic (exact) mass is 287 g/mol. The van der Waals surface area contributed by atoms with Crippen LogP contribution in [-0.2, 0) is 11.2 Å². The molecule has 4 nitrogen and oxygen atoms in total. The van der Waals surface area contributed by atoms with E-state index in [0.717, 1.165) is 4.88 Å².